The van der Waals surface area contributed by atoms with Gasteiger partial charge in [0.05, 0.1) is 6.04 Å². The SMILES string of the molecule is c1ccc(CCSc2nnnn2C2CCCCC2)cc1. The summed E-state index contributed by atoms with van der Waals surface area (Å²) in [5, 5.41) is 13.2. The number of tetrazole rings is 1. The van der Waals surface area contributed by atoms with Gasteiger partial charge in [-0.2, -0.15) is 0 Å². The topological polar surface area (TPSA) is 43.6 Å². The molecule has 5 heteroatoms. The Morgan fingerprint density at radius 1 is 1.10 bits per heavy atom. The molecule has 0 saturated heterocycles. The van der Waals surface area contributed by atoms with Crippen LogP contribution in [0.5, 0.6) is 0 Å². The first-order chi connectivity index (χ1) is 9.93. The summed E-state index contributed by atoms with van der Waals surface area (Å²) >= 11 is 1.77. The molecular formula is C15H20N4S. The zero-order valence-electron chi connectivity index (χ0n) is 11.6. The van der Waals surface area contributed by atoms with Crippen LogP contribution in [-0.2, 0) is 6.42 Å². The van der Waals surface area contributed by atoms with Crippen molar-refractivity contribution in [2.45, 2.75) is 49.7 Å². The number of aryl methyl sites for hydroxylation is 1. The summed E-state index contributed by atoms with van der Waals surface area (Å²) in [5.41, 5.74) is 1.37. The highest BCUT2D eigenvalue weighted by atomic mass is 32.2. The fraction of sp³-hybridized carbons (Fsp3) is 0.533. The Balaban J connectivity index is 1.56. The van der Waals surface area contributed by atoms with Gasteiger partial charge in [-0.05, 0) is 35.3 Å². The van der Waals surface area contributed by atoms with Gasteiger partial charge in [0.1, 0.15) is 0 Å². The lowest BCUT2D eigenvalue weighted by atomic mass is 9.96. The summed E-state index contributed by atoms with van der Waals surface area (Å²) in [7, 11) is 0. The van der Waals surface area contributed by atoms with E-state index in [1.54, 1.807) is 11.8 Å². The molecule has 4 nitrogen and oxygen atoms in total. The minimum atomic E-state index is 0.512. The van der Waals surface area contributed by atoms with E-state index < -0.39 is 0 Å². The van der Waals surface area contributed by atoms with E-state index in [2.05, 4.69) is 50.5 Å². The van der Waals surface area contributed by atoms with Gasteiger partial charge in [-0.25, -0.2) is 4.68 Å². The molecule has 2 aromatic rings. The van der Waals surface area contributed by atoms with Gasteiger partial charge in [0.25, 0.3) is 0 Å². The number of aromatic nitrogens is 4. The van der Waals surface area contributed by atoms with Gasteiger partial charge < -0.3 is 0 Å². The number of nitrogens with zero attached hydrogens (tertiary/aromatic N) is 4. The fourth-order valence-corrected chi connectivity index (χ4v) is 3.67. The van der Waals surface area contributed by atoms with Gasteiger partial charge in [0.15, 0.2) is 0 Å². The van der Waals surface area contributed by atoms with Crippen LogP contribution in [0.2, 0.25) is 0 Å². The van der Waals surface area contributed by atoms with E-state index in [9.17, 15) is 0 Å². The zero-order valence-corrected chi connectivity index (χ0v) is 12.4. The molecule has 0 amide bonds. The van der Waals surface area contributed by atoms with E-state index >= 15 is 0 Å². The van der Waals surface area contributed by atoms with Gasteiger partial charge >= 0.3 is 0 Å². The summed E-state index contributed by atoms with van der Waals surface area (Å²) in [6, 6.07) is 11.1. The van der Waals surface area contributed by atoms with E-state index in [0.717, 1.165) is 17.3 Å². The van der Waals surface area contributed by atoms with Crippen molar-refractivity contribution < 1.29 is 0 Å². The molecule has 0 N–H and O–H groups in total. The maximum absolute atomic E-state index is 4.20. The summed E-state index contributed by atoms with van der Waals surface area (Å²) in [6.07, 6.45) is 7.46. The Morgan fingerprint density at radius 3 is 2.70 bits per heavy atom. The molecular weight excluding hydrogens is 268 g/mol. The normalized spacial score (nSPS) is 16.4. The molecule has 1 aliphatic carbocycles. The molecule has 0 unspecified atom stereocenters. The van der Waals surface area contributed by atoms with Crippen molar-refractivity contribution in [3.05, 3.63) is 35.9 Å². The molecule has 1 heterocycles. The van der Waals surface area contributed by atoms with E-state index in [-0.39, 0.29) is 0 Å². The van der Waals surface area contributed by atoms with Crippen molar-refractivity contribution in [2.75, 3.05) is 5.75 Å². The van der Waals surface area contributed by atoms with E-state index in [1.165, 1.54) is 37.7 Å². The maximum Gasteiger partial charge on any atom is 0.209 e. The van der Waals surface area contributed by atoms with Crippen molar-refractivity contribution in [3.8, 4) is 0 Å². The number of hydrogen-bond donors (Lipinski definition) is 0. The van der Waals surface area contributed by atoms with Gasteiger partial charge in [-0.15, -0.1) is 5.10 Å². The highest BCUT2D eigenvalue weighted by Gasteiger charge is 2.19. The Labute approximate surface area is 124 Å². The lowest BCUT2D eigenvalue weighted by Crippen LogP contribution is -2.15. The van der Waals surface area contributed by atoms with Crippen molar-refractivity contribution >= 4 is 11.8 Å². The highest BCUT2D eigenvalue weighted by molar-refractivity contribution is 7.99. The molecule has 3 rings (SSSR count). The average molecular weight is 288 g/mol. The summed E-state index contributed by atoms with van der Waals surface area (Å²) < 4.78 is 2.05. The van der Waals surface area contributed by atoms with Crippen LogP contribution in [0.1, 0.15) is 43.7 Å². The molecule has 0 spiro atoms. The lowest BCUT2D eigenvalue weighted by molar-refractivity contribution is 0.307. The molecule has 1 fully saturated rings. The lowest BCUT2D eigenvalue weighted by Gasteiger charge is -2.21. The first-order valence-corrected chi connectivity index (χ1v) is 8.36. The summed E-state index contributed by atoms with van der Waals surface area (Å²) in [5.74, 6) is 1.02. The largest absolute Gasteiger partial charge is 0.217 e. The predicted octanol–water partition coefficient (Wildman–Crippen LogP) is 3.51. The van der Waals surface area contributed by atoms with Crippen molar-refractivity contribution in [3.63, 3.8) is 0 Å². The number of rotatable bonds is 5. The minimum absolute atomic E-state index is 0.512. The first-order valence-electron chi connectivity index (χ1n) is 7.38. The van der Waals surface area contributed by atoms with Crippen LogP contribution in [0.25, 0.3) is 0 Å². The number of benzene rings is 1. The van der Waals surface area contributed by atoms with Crippen LogP contribution in [-0.4, -0.2) is 26.0 Å². The zero-order chi connectivity index (χ0) is 13.6. The molecule has 0 aliphatic heterocycles. The Morgan fingerprint density at radius 2 is 1.90 bits per heavy atom. The van der Waals surface area contributed by atoms with Crippen LogP contribution in [0, 0.1) is 0 Å². The second kappa shape index (κ2) is 6.88. The third-order valence-corrected chi connectivity index (χ3v) is 4.78. The standard InChI is InChI=1S/C15H20N4S/c1-3-7-13(8-4-1)11-12-20-15-16-17-18-19(15)14-9-5-2-6-10-14/h1,3-4,7-8,14H,2,5-6,9-12H2. The summed E-state index contributed by atoms with van der Waals surface area (Å²) in [6.45, 7) is 0. The number of thioether (sulfide) groups is 1. The second-order valence-corrected chi connectivity index (χ2v) is 6.34. The number of hydrogen-bond acceptors (Lipinski definition) is 4. The monoisotopic (exact) mass is 288 g/mol. The van der Waals surface area contributed by atoms with E-state index in [1.807, 2.05) is 0 Å². The molecule has 0 radical (unpaired) electrons. The molecule has 20 heavy (non-hydrogen) atoms. The smallest absolute Gasteiger partial charge is 0.209 e. The van der Waals surface area contributed by atoms with Crippen molar-refractivity contribution in [1.29, 1.82) is 0 Å². The molecule has 106 valence electrons. The highest BCUT2D eigenvalue weighted by Crippen LogP contribution is 2.30. The van der Waals surface area contributed by atoms with E-state index in [4.69, 9.17) is 0 Å². The van der Waals surface area contributed by atoms with Gasteiger partial charge in [0, 0.05) is 5.75 Å². The van der Waals surface area contributed by atoms with Crippen LogP contribution < -0.4 is 0 Å². The molecule has 0 atom stereocenters. The van der Waals surface area contributed by atoms with Crippen LogP contribution in [0.3, 0.4) is 0 Å². The third-order valence-electron chi connectivity index (χ3n) is 3.85. The fourth-order valence-electron chi connectivity index (χ4n) is 2.74. The third kappa shape index (κ3) is 3.39. The molecule has 1 aliphatic rings. The average Bonchev–Trinajstić information content (AvgIpc) is 2.98. The minimum Gasteiger partial charge on any atom is -0.217 e. The van der Waals surface area contributed by atoms with Crippen molar-refractivity contribution in [1.82, 2.24) is 20.2 Å². The molecule has 1 aromatic carbocycles. The van der Waals surface area contributed by atoms with E-state index in [0.29, 0.717) is 6.04 Å². The van der Waals surface area contributed by atoms with Crippen LogP contribution in [0.4, 0.5) is 0 Å². The Hall–Kier alpha value is -1.36. The quantitative estimate of drug-likeness (QED) is 0.790. The van der Waals surface area contributed by atoms with Gasteiger partial charge in [0.2, 0.25) is 5.16 Å². The van der Waals surface area contributed by atoms with Crippen molar-refractivity contribution in [2.24, 2.45) is 0 Å². The van der Waals surface area contributed by atoms with Crippen LogP contribution >= 0.6 is 11.8 Å². The molecule has 1 aromatic heterocycles. The first kappa shape index (κ1) is 13.6. The molecule has 1 saturated carbocycles. The predicted molar refractivity (Wildman–Crippen MR) is 80.8 cm³/mol. The molecule has 0 bridgehead atoms. The maximum atomic E-state index is 4.20. The summed E-state index contributed by atoms with van der Waals surface area (Å²) in [4.78, 5) is 0. The Bertz CT molecular complexity index is 520. The second-order valence-electron chi connectivity index (χ2n) is 5.28. The van der Waals surface area contributed by atoms with Gasteiger partial charge in [-0.1, -0.05) is 61.4 Å². The van der Waals surface area contributed by atoms with Crippen LogP contribution in [0.15, 0.2) is 35.5 Å². The van der Waals surface area contributed by atoms with Gasteiger partial charge in [-0.3, -0.25) is 0 Å². The Kier molecular flexibility index (Phi) is 4.69.